The van der Waals surface area contributed by atoms with E-state index in [1.807, 2.05) is 12.1 Å². The molecule has 0 unspecified atom stereocenters. The Morgan fingerprint density at radius 1 is 0.879 bits per heavy atom. The van der Waals surface area contributed by atoms with Crippen molar-refractivity contribution < 1.29 is 17.9 Å². The monoisotopic (exact) mass is 458 g/mol. The molecular formula is C25H29F3N4O. The second kappa shape index (κ2) is 10.1. The number of nitrogens with zero attached hydrogens (tertiary/aromatic N) is 2. The van der Waals surface area contributed by atoms with Gasteiger partial charge < -0.3 is 15.4 Å². The quantitative estimate of drug-likeness (QED) is 0.343. The fraction of sp³-hybridized carbons (Fsp3) is 0.360. The molecule has 0 aliphatic rings. The van der Waals surface area contributed by atoms with Gasteiger partial charge in [0.25, 0.3) is 0 Å². The Balaban J connectivity index is 1.80. The Labute approximate surface area is 192 Å². The number of ether oxygens (including phenoxy) is 1. The molecule has 176 valence electrons. The zero-order valence-electron chi connectivity index (χ0n) is 19.3. The van der Waals surface area contributed by atoms with Crippen molar-refractivity contribution in [2.75, 3.05) is 17.2 Å². The minimum Gasteiger partial charge on any atom is -0.494 e. The number of benzene rings is 2. The van der Waals surface area contributed by atoms with Crippen molar-refractivity contribution in [3.05, 3.63) is 65.9 Å². The molecule has 0 amide bonds. The third-order valence-corrected chi connectivity index (χ3v) is 4.98. The number of halogens is 3. The molecule has 2 N–H and O–H groups in total. The Morgan fingerprint density at radius 3 is 2.06 bits per heavy atom. The lowest BCUT2D eigenvalue weighted by atomic mass is 9.87. The molecule has 1 heterocycles. The summed E-state index contributed by atoms with van der Waals surface area (Å²) in [7, 11) is 0. The van der Waals surface area contributed by atoms with Crippen LogP contribution in [0.2, 0.25) is 0 Å². The Morgan fingerprint density at radius 2 is 1.48 bits per heavy atom. The molecule has 0 radical (unpaired) electrons. The number of unbranched alkanes of at least 4 members (excludes halogenated alkanes) is 1. The van der Waals surface area contributed by atoms with Gasteiger partial charge in [-0.3, -0.25) is 0 Å². The first-order valence-corrected chi connectivity index (χ1v) is 10.9. The Hall–Kier alpha value is -3.29. The van der Waals surface area contributed by atoms with E-state index in [0.29, 0.717) is 18.0 Å². The molecule has 8 heteroatoms. The van der Waals surface area contributed by atoms with E-state index in [-0.39, 0.29) is 17.2 Å². The van der Waals surface area contributed by atoms with E-state index in [1.54, 1.807) is 36.4 Å². The van der Waals surface area contributed by atoms with Gasteiger partial charge in [-0.1, -0.05) is 46.2 Å². The highest BCUT2D eigenvalue weighted by Crippen LogP contribution is 2.35. The third kappa shape index (κ3) is 6.84. The first-order valence-electron chi connectivity index (χ1n) is 10.9. The summed E-state index contributed by atoms with van der Waals surface area (Å²) in [4.78, 5) is 7.96. The molecular weight excluding hydrogens is 429 g/mol. The predicted octanol–water partition coefficient (Wildman–Crippen LogP) is 7.46. The zero-order valence-corrected chi connectivity index (χ0v) is 19.3. The molecule has 0 saturated heterocycles. The smallest absolute Gasteiger partial charge is 0.421 e. The largest absolute Gasteiger partial charge is 0.494 e. The summed E-state index contributed by atoms with van der Waals surface area (Å²) in [5.41, 5.74) is 1.23. The molecule has 2 aromatic carbocycles. The van der Waals surface area contributed by atoms with Gasteiger partial charge in [0.05, 0.1) is 6.61 Å². The van der Waals surface area contributed by atoms with E-state index in [4.69, 9.17) is 4.74 Å². The molecule has 3 aromatic rings. The van der Waals surface area contributed by atoms with E-state index in [0.717, 1.165) is 30.4 Å². The van der Waals surface area contributed by atoms with Crippen molar-refractivity contribution >= 4 is 23.1 Å². The van der Waals surface area contributed by atoms with Crippen LogP contribution in [0.25, 0.3) is 0 Å². The summed E-state index contributed by atoms with van der Waals surface area (Å²) in [6.07, 6.45) is -1.80. The minimum atomic E-state index is -4.59. The average molecular weight is 459 g/mol. The molecule has 0 aliphatic carbocycles. The van der Waals surface area contributed by atoms with Crippen LogP contribution < -0.4 is 15.4 Å². The lowest BCUT2D eigenvalue weighted by Gasteiger charge is -2.20. The van der Waals surface area contributed by atoms with E-state index in [9.17, 15) is 13.2 Å². The van der Waals surface area contributed by atoms with Crippen molar-refractivity contribution in [3.8, 4) is 5.75 Å². The molecule has 0 spiro atoms. The van der Waals surface area contributed by atoms with Gasteiger partial charge in [0.15, 0.2) is 0 Å². The lowest BCUT2D eigenvalue weighted by Crippen LogP contribution is -2.13. The van der Waals surface area contributed by atoms with Gasteiger partial charge in [-0.15, -0.1) is 0 Å². The van der Waals surface area contributed by atoms with E-state index >= 15 is 0 Å². The maximum absolute atomic E-state index is 13.5. The maximum Gasteiger partial charge on any atom is 0.421 e. The molecule has 3 rings (SSSR count). The van der Waals surface area contributed by atoms with Crippen LogP contribution >= 0.6 is 0 Å². The molecule has 5 nitrogen and oxygen atoms in total. The Bertz CT molecular complexity index is 1040. The third-order valence-electron chi connectivity index (χ3n) is 4.98. The summed E-state index contributed by atoms with van der Waals surface area (Å²) in [6.45, 7) is 8.94. The van der Waals surface area contributed by atoms with Crippen LogP contribution in [0, 0.1) is 0 Å². The van der Waals surface area contributed by atoms with Gasteiger partial charge >= 0.3 is 6.18 Å². The summed E-state index contributed by atoms with van der Waals surface area (Å²) >= 11 is 0. The Kier molecular flexibility index (Phi) is 7.46. The van der Waals surface area contributed by atoms with Gasteiger partial charge in [0.2, 0.25) is 5.95 Å². The van der Waals surface area contributed by atoms with E-state index in [2.05, 4.69) is 48.3 Å². The lowest BCUT2D eigenvalue weighted by molar-refractivity contribution is -0.137. The van der Waals surface area contributed by atoms with Crippen LogP contribution in [0.4, 0.5) is 36.3 Å². The van der Waals surface area contributed by atoms with Gasteiger partial charge in [0, 0.05) is 17.6 Å². The normalized spacial score (nSPS) is 11.8. The van der Waals surface area contributed by atoms with Crippen LogP contribution in [-0.2, 0) is 11.6 Å². The molecule has 1 aromatic heterocycles. The minimum absolute atomic E-state index is 0.0523. The highest BCUT2D eigenvalue weighted by Gasteiger charge is 2.35. The van der Waals surface area contributed by atoms with Crippen LogP contribution in [-0.4, -0.2) is 16.6 Å². The second-order valence-electron chi connectivity index (χ2n) is 8.76. The number of nitrogens with one attached hydrogen (secondary N) is 2. The number of anilines is 4. The van der Waals surface area contributed by atoms with Crippen molar-refractivity contribution in [1.29, 1.82) is 0 Å². The highest BCUT2D eigenvalue weighted by molar-refractivity contribution is 5.63. The van der Waals surface area contributed by atoms with Gasteiger partial charge in [-0.05, 0) is 53.8 Å². The summed E-state index contributed by atoms with van der Waals surface area (Å²) in [6, 6.07) is 14.4. The molecule has 0 aliphatic heterocycles. The molecule has 33 heavy (non-hydrogen) atoms. The first kappa shape index (κ1) is 24.4. The van der Waals surface area contributed by atoms with Gasteiger partial charge in [0.1, 0.15) is 17.1 Å². The molecule has 0 bridgehead atoms. The second-order valence-corrected chi connectivity index (χ2v) is 8.76. The van der Waals surface area contributed by atoms with Crippen molar-refractivity contribution in [3.63, 3.8) is 0 Å². The number of rotatable bonds is 8. The summed E-state index contributed by atoms with van der Waals surface area (Å²) in [5, 5.41) is 5.74. The number of hydrogen-bond acceptors (Lipinski definition) is 5. The standard InChI is InChI=1S/C25H29F3N4O/c1-5-6-15-33-20-13-11-19(12-14-20)31-23-29-16-21(25(26,27)28)22(32-23)30-18-9-7-17(8-10-18)24(2,3)4/h7-14,16H,5-6,15H2,1-4H3,(H2,29,30,31,32). The van der Waals surface area contributed by atoms with Crippen molar-refractivity contribution in [2.45, 2.75) is 52.1 Å². The predicted molar refractivity (Wildman–Crippen MR) is 126 cm³/mol. The first-order chi connectivity index (χ1) is 15.6. The topological polar surface area (TPSA) is 59.1 Å². The fourth-order valence-electron chi connectivity index (χ4n) is 3.03. The van der Waals surface area contributed by atoms with Crippen LogP contribution in [0.1, 0.15) is 51.7 Å². The van der Waals surface area contributed by atoms with Crippen molar-refractivity contribution in [1.82, 2.24) is 9.97 Å². The highest BCUT2D eigenvalue weighted by atomic mass is 19.4. The number of hydrogen-bond donors (Lipinski definition) is 2. The van der Waals surface area contributed by atoms with Crippen molar-refractivity contribution in [2.24, 2.45) is 0 Å². The zero-order chi connectivity index (χ0) is 24.1. The molecule has 0 atom stereocenters. The van der Waals surface area contributed by atoms with Crippen LogP contribution in [0.5, 0.6) is 5.75 Å². The van der Waals surface area contributed by atoms with Gasteiger partial charge in [-0.25, -0.2) is 4.98 Å². The molecule has 0 fully saturated rings. The number of aromatic nitrogens is 2. The average Bonchev–Trinajstić information content (AvgIpc) is 2.74. The maximum atomic E-state index is 13.5. The van der Waals surface area contributed by atoms with Crippen LogP contribution in [0.15, 0.2) is 54.7 Å². The van der Waals surface area contributed by atoms with Gasteiger partial charge in [-0.2, -0.15) is 18.2 Å². The molecule has 0 saturated carbocycles. The summed E-state index contributed by atoms with van der Waals surface area (Å²) in [5.74, 6) is 0.461. The van der Waals surface area contributed by atoms with Crippen LogP contribution in [0.3, 0.4) is 0 Å². The SMILES string of the molecule is CCCCOc1ccc(Nc2ncc(C(F)(F)F)c(Nc3ccc(C(C)(C)C)cc3)n2)cc1. The van der Waals surface area contributed by atoms with E-state index in [1.165, 1.54) is 0 Å². The van der Waals surface area contributed by atoms with E-state index < -0.39 is 11.7 Å². The number of alkyl halides is 3. The fourth-order valence-corrected chi connectivity index (χ4v) is 3.03. The summed E-state index contributed by atoms with van der Waals surface area (Å²) < 4.78 is 46.3.